The summed E-state index contributed by atoms with van der Waals surface area (Å²) in [5.74, 6) is 1.12. The van der Waals surface area contributed by atoms with Gasteiger partial charge >= 0.3 is 0 Å². The van der Waals surface area contributed by atoms with Crippen LogP contribution in [-0.4, -0.2) is 20.5 Å². The Morgan fingerprint density at radius 2 is 2.29 bits per heavy atom. The predicted molar refractivity (Wildman–Crippen MR) is 66.4 cm³/mol. The Kier molecular flexibility index (Phi) is 2.36. The Morgan fingerprint density at radius 1 is 1.47 bits per heavy atom. The van der Waals surface area contributed by atoms with Gasteiger partial charge in [0.1, 0.15) is 4.60 Å². The molecule has 0 aliphatic heterocycles. The van der Waals surface area contributed by atoms with Crippen LogP contribution in [0.3, 0.4) is 0 Å². The topological polar surface area (TPSA) is 47.8 Å². The molecule has 1 atom stereocenters. The van der Waals surface area contributed by atoms with Crippen LogP contribution in [-0.2, 0) is 0 Å². The maximum absolute atomic E-state index is 11.7. The van der Waals surface area contributed by atoms with Crippen LogP contribution < -0.4 is 0 Å². The van der Waals surface area contributed by atoms with Gasteiger partial charge in [-0.15, -0.1) is 0 Å². The average molecular weight is 292 g/mol. The lowest BCUT2D eigenvalue weighted by atomic mass is 10.1. The highest BCUT2D eigenvalue weighted by Crippen LogP contribution is 2.33. The molecule has 3 rings (SSSR count). The predicted octanol–water partition coefficient (Wildman–Crippen LogP) is 2.72. The van der Waals surface area contributed by atoms with Crippen molar-refractivity contribution in [3.63, 3.8) is 0 Å². The third-order valence-corrected chi connectivity index (χ3v) is 3.42. The first-order valence-electron chi connectivity index (χ1n) is 5.41. The summed E-state index contributed by atoms with van der Waals surface area (Å²) in [5.41, 5.74) is 1.71. The van der Waals surface area contributed by atoms with Crippen molar-refractivity contribution in [2.75, 3.05) is 0 Å². The molecule has 2 aromatic rings. The number of rotatable bonds is 1. The monoisotopic (exact) mass is 291 g/mol. The fourth-order valence-corrected chi connectivity index (χ4v) is 2.56. The summed E-state index contributed by atoms with van der Waals surface area (Å²) in [6.07, 6.45) is 2.21. The van der Waals surface area contributed by atoms with Gasteiger partial charge in [-0.3, -0.25) is 4.79 Å². The normalized spacial score (nSPS) is 18.5. The van der Waals surface area contributed by atoms with E-state index in [9.17, 15) is 4.79 Å². The van der Waals surface area contributed by atoms with Crippen LogP contribution in [0.5, 0.6) is 0 Å². The molecule has 1 unspecified atom stereocenters. The lowest BCUT2D eigenvalue weighted by Gasteiger charge is -2.08. The zero-order chi connectivity index (χ0) is 12.0. The Hall–Kier alpha value is -1.49. The molecule has 0 amide bonds. The smallest absolute Gasteiger partial charge is 0.166 e. The molecule has 2 heterocycles. The molecule has 2 aromatic heterocycles. The van der Waals surface area contributed by atoms with Gasteiger partial charge in [-0.1, -0.05) is 13.0 Å². The molecule has 0 saturated carbocycles. The molecule has 17 heavy (non-hydrogen) atoms. The van der Waals surface area contributed by atoms with Gasteiger partial charge in [-0.05, 0) is 28.1 Å². The molecule has 0 aromatic carbocycles. The molecule has 4 nitrogen and oxygen atoms in total. The number of carbonyl (C=O) groups is 1. The van der Waals surface area contributed by atoms with Crippen LogP contribution in [0.4, 0.5) is 0 Å². The van der Waals surface area contributed by atoms with Gasteiger partial charge in [-0.25, -0.2) is 9.67 Å². The van der Waals surface area contributed by atoms with Crippen molar-refractivity contribution in [3.05, 3.63) is 40.3 Å². The summed E-state index contributed by atoms with van der Waals surface area (Å²) in [6.45, 7) is 2.04. The molecular formula is C12H10BrN3O. The van der Waals surface area contributed by atoms with Gasteiger partial charge in [0.25, 0.3) is 0 Å². The zero-order valence-electron chi connectivity index (χ0n) is 9.22. The SMILES string of the molecule is CC1CC(=O)c2cnn(-c3cccc(Br)n3)c21. The van der Waals surface area contributed by atoms with Gasteiger partial charge in [0.05, 0.1) is 17.5 Å². The Morgan fingerprint density at radius 3 is 3.06 bits per heavy atom. The minimum absolute atomic E-state index is 0.175. The van der Waals surface area contributed by atoms with E-state index in [0.29, 0.717) is 6.42 Å². The number of fused-ring (bicyclic) bond motifs is 1. The second kappa shape index (κ2) is 3.77. The number of hydrogen-bond donors (Lipinski definition) is 0. The maximum atomic E-state index is 11.7. The summed E-state index contributed by atoms with van der Waals surface area (Å²) in [7, 11) is 0. The minimum atomic E-state index is 0.175. The van der Waals surface area contributed by atoms with E-state index in [1.165, 1.54) is 0 Å². The van der Waals surface area contributed by atoms with Crippen molar-refractivity contribution in [1.82, 2.24) is 14.8 Å². The second-order valence-corrected chi connectivity index (χ2v) is 5.01. The van der Waals surface area contributed by atoms with E-state index in [-0.39, 0.29) is 11.7 Å². The number of halogens is 1. The molecule has 1 aliphatic rings. The molecule has 5 heteroatoms. The van der Waals surface area contributed by atoms with Crippen molar-refractivity contribution in [2.45, 2.75) is 19.3 Å². The zero-order valence-corrected chi connectivity index (χ0v) is 10.8. The molecular weight excluding hydrogens is 282 g/mol. The third kappa shape index (κ3) is 1.61. The third-order valence-electron chi connectivity index (χ3n) is 2.98. The summed E-state index contributed by atoms with van der Waals surface area (Å²) >= 11 is 3.34. The highest BCUT2D eigenvalue weighted by Gasteiger charge is 2.31. The van der Waals surface area contributed by atoms with E-state index >= 15 is 0 Å². The number of ketones is 1. The van der Waals surface area contributed by atoms with Crippen LogP contribution >= 0.6 is 15.9 Å². The number of aromatic nitrogens is 3. The fourth-order valence-electron chi connectivity index (χ4n) is 2.23. The standard InChI is InChI=1S/C12H10BrN3O/c1-7-5-9(17)8-6-14-16(12(7)8)11-4-2-3-10(13)15-11/h2-4,6-7H,5H2,1H3. The first kappa shape index (κ1) is 10.7. The van der Waals surface area contributed by atoms with Gasteiger partial charge in [0.2, 0.25) is 0 Å². The van der Waals surface area contributed by atoms with Gasteiger partial charge in [-0.2, -0.15) is 5.10 Å². The first-order chi connectivity index (χ1) is 8.16. The quantitative estimate of drug-likeness (QED) is 0.759. The van der Waals surface area contributed by atoms with Crippen LogP contribution in [0.2, 0.25) is 0 Å². The molecule has 0 bridgehead atoms. The van der Waals surface area contributed by atoms with Crippen LogP contribution in [0, 0.1) is 0 Å². The minimum Gasteiger partial charge on any atom is -0.294 e. The van der Waals surface area contributed by atoms with Crippen molar-refractivity contribution in [2.24, 2.45) is 0 Å². The van der Waals surface area contributed by atoms with E-state index < -0.39 is 0 Å². The Labute approximate surface area is 107 Å². The molecule has 1 aliphatic carbocycles. The van der Waals surface area contributed by atoms with Crippen LogP contribution in [0.25, 0.3) is 5.82 Å². The second-order valence-electron chi connectivity index (χ2n) is 4.20. The van der Waals surface area contributed by atoms with Gasteiger partial charge < -0.3 is 0 Å². The van der Waals surface area contributed by atoms with E-state index in [1.807, 2.05) is 25.1 Å². The van der Waals surface area contributed by atoms with Crippen LogP contribution in [0.15, 0.2) is 29.0 Å². The Balaban J connectivity index is 2.18. The maximum Gasteiger partial charge on any atom is 0.166 e. The van der Waals surface area contributed by atoms with E-state index in [2.05, 4.69) is 26.0 Å². The highest BCUT2D eigenvalue weighted by atomic mass is 79.9. The van der Waals surface area contributed by atoms with E-state index in [4.69, 9.17) is 0 Å². The van der Waals surface area contributed by atoms with E-state index in [0.717, 1.165) is 21.7 Å². The van der Waals surface area contributed by atoms with Gasteiger partial charge in [0.15, 0.2) is 11.6 Å². The highest BCUT2D eigenvalue weighted by molar-refractivity contribution is 9.10. The molecule has 86 valence electrons. The fraction of sp³-hybridized carbons (Fsp3) is 0.250. The lowest BCUT2D eigenvalue weighted by Crippen LogP contribution is -2.05. The van der Waals surface area contributed by atoms with Crippen molar-refractivity contribution in [1.29, 1.82) is 0 Å². The number of pyridine rings is 1. The summed E-state index contributed by atoms with van der Waals surface area (Å²) < 4.78 is 2.52. The largest absolute Gasteiger partial charge is 0.294 e. The summed E-state index contributed by atoms with van der Waals surface area (Å²) in [4.78, 5) is 16.1. The van der Waals surface area contributed by atoms with Crippen molar-refractivity contribution in [3.8, 4) is 5.82 Å². The first-order valence-corrected chi connectivity index (χ1v) is 6.20. The van der Waals surface area contributed by atoms with Crippen molar-refractivity contribution < 1.29 is 4.79 Å². The lowest BCUT2D eigenvalue weighted by molar-refractivity contribution is 0.0990. The van der Waals surface area contributed by atoms with Crippen LogP contribution in [0.1, 0.15) is 35.3 Å². The number of hydrogen-bond acceptors (Lipinski definition) is 3. The molecule has 0 fully saturated rings. The van der Waals surface area contributed by atoms with Crippen molar-refractivity contribution >= 4 is 21.7 Å². The molecule has 0 N–H and O–H groups in total. The number of Topliss-reactive ketones (excluding diaryl/α,β-unsaturated/α-hetero) is 1. The Bertz CT molecular complexity index is 606. The number of carbonyl (C=O) groups excluding carboxylic acids is 1. The number of nitrogens with zero attached hydrogens (tertiary/aromatic N) is 3. The summed E-state index contributed by atoms with van der Waals surface area (Å²) in [6, 6.07) is 5.65. The molecule has 0 saturated heterocycles. The summed E-state index contributed by atoms with van der Waals surface area (Å²) in [5, 5.41) is 4.26. The van der Waals surface area contributed by atoms with E-state index in [1.54, 1.807) is 10.9 Å². The average Bonchev–Trinajstić information content (AvgIpc) is 2.82. The molecule has 0 spiro atoms. The molecule has 0 radical (unpaired) electrons. The van der Waals surface area contributed by atoms with Gasteiger partial charge in [0, 0.05) is 12.3 Å².